The maximum atomic E-state index is 9.48. The van der Waals surface area contributed by atoms with Gasteiger partial charge in [0.1, 0.15) is 5.75 Å². The molecule has 96 valence electrons. The number of aromatic hydroxyl groups is 1. The van der Waals surface area contributed by atoms with Crippen LogP contribution in [0.4, 0.5) is 0 Å². The lowest BCUT2D eigenvalue weighted by Crippen LogP contribution is -2.24. The molecule has 0 radical (unpaired) electrons. The van der Waals surface area contributed by atoms with E-state index in [-0.39, 0.29) is 0 Å². The predicted octanol–water partition coefficient (Wildman–Crippen LogP) is 4.50. The van der Waals surface area contributed by atoms with E-state index in [9.17, 15) is 5.11 Å². The van der Waals surface area contributed by atoms with Crippen LogP contribution >= 0.6 is 0 Å². The quantitative estimate of drug-likeness (QED) is 0.795. The van der Waals surface area contributed by atoms with Gasteiger partial charge in [0.15, 0.2) is 0 Å². The van der Waals surface area contributed by atoms with Gasteiger partial charge in [-0.1, -0.05) is 46.8 Å². The van der Waals surface area contributed by atoms with E-state index in [0.717, 1.165) is 12.3 Å². The van der Waals surface area contributed by atoms with Crippen LogP contribution in [0.25, 0.3) is 0 Å². The lowest BCUT2D eigenvalue weighted by Gasteiger charge is -2.31. The van der Waals surface area contributed by atoms with Crippen molar-refractivity contribution in [1.82, 2.24) is 0 Å². The van der Waals surface area contributed by atoms with Gasteiger partial charge in [-0.15, -0.1) is 0 Å². The third-order valence-corrected chi connectivity index (χ3v) is 3.66. The van der Waals surface area contributed by atoms with Gasteiger partial charge in [-0.05, 0) is 47.8 Å². The molecule has 0 heterocycles. The molecule has 0 aromatic heterocycles. The minimum Gasteiger partial charge on any atom is -0.508 e. The fourth-order valence-electron chi connectivity index (χ4n) is 3.28. The normalized spacial score (nSPS) is 13.6. The van der Waals surface area contributed by atoms with E-state index in [1.54, 1.807) is 6.07 Å². The molecule has 1 rings (SSSR count). The predicted molar refractivity (Wildman–Crippen MR) is 74.1 cm³/mol. The zero-order valence-electron chi connectivity index (χ0n) is 11.8. The van der Waals surface area contributed by atoms with Crippen LogP contribution < -0.4 is 0 Å². The molecule has 1 aromatic rings. The molecule has 0 saturated heterocycles. The molecule has 17 heavy (non-hydrogen) atoms. The Balaban J connectivity index is 2.73. The summed E-state index contributed by atoms with van der Waals surface area (Å²) in [7, 11) is 0. The van der Waals surface area contributed by atoms with Crippen LogP contribution in [0.3, 0.4) is 0 Å². The topological polar surface area (TPSA) is 20.2 Å². The van der Waals surface area contributed by atoms with Crippen molar-refractivity contribution in [3.8, 4) is 5.75 Å². The molecular weight excluding hydrogens is 208 g/mol. The van der Waals surface area contributed by atoms with Crippen molar-refractivity contribution in [3.63, 3.8) is 0 Å². The molecule has 0 spiro atoms. The number of hydrogen-bond donors (Lipinski definition) is 1. The highest BCUT2D eigenvalue weighted by Crippen LogP contribution is 2.31. The van der Waals surface area contributed by atoms with E-state index < -0.39 is 0 Å². The van der Waals surface area contributed by atoms with Crippen molar-refractivity contribution in [2.24, 2.45) is 23.7 Å². The van der Waals surface area contributed by atoms with Gasteiger partial charge in [0.2, 0.25) is 0 Å². The zero-order chi connectivity index (χ0) is 13.0. The molecule has 1 atom stereocenters. The van der Waals surface area contributed by atoms with Crippen LogP contribution in [0.15, 0.2) is 24.3 Å². The SMILES string of the molecule is CC(C)C(C(C)C)[C@H](C)Cc1cccc(O)c1. The third-order valence-electron chi connectivity index (χ3n) is 3.66. The van der Waals surface area contributed by atoms with Gasteiger partial charge in [0.25, 0.3) is 0 Å². The number of hydrogen-bond acceptors (Lipinski definition) is 1. The second-order valence-corrected chi connectivity index (χ2v) is 5.92. The molecule has 0 aliphatic carbocycles. The van der Waals surface area contributed by atoms with E-state index >= 15 is 0 Å². The Bertz CT molecular complexity index is 333. The zero-order valence-corrected chi connectivity index (χ0v) is 11.8. The van der Waals surface area contributed by atoms with Crippen LogP contribution in [-0.4, -0.2) is 5.11 Å². The molecule has 1 nitrogen and oxygen atoms in total. The lowest BCUT2D eigenvalue weighted by atomic mass is 9.74. The Hall–Kier alpha value is -0.980. The van der Waals surface area contributed by atoms with E-state index in [0.29, 0.717) is 23.5 Å². The second kappa shape index (κ2) is 6.09. The van der Waals surface area contributed by atoms with E-state index in [4.69, 9.17) is 0 Å². The molecule has 0 aliphatic rings. The molecule has 0 saturated carbocycles. The Morgan fingerprint density at radius 2 is 1.59 bits per heavy atom. The Morgan fingerprint density at radius 3 is 2.06 bits per heavy atom. The van der Waals surface area contributed by atoms with Crippen LogP contribution in [0, 0.1) is 23.7 Å². The number of phenolic OH excluding ortho intramolecular Hbond substituents is 1. The van der Waals surface area contributed by atoms with Crippen LogP contribution in [-0.2, 0) is 6.42 Å². The first-order valence-corrected chi connectivity index (χ1v) is 6.69. The van der Waals surface area contributed by atoms with Crippen LogP contribution in [0.5, 0.6) is 5.75 Å². The average Bonchev–Trinajstić information content (AvgIpc) is 2.15. The highest BCUT2D eigenvalue weighted by molar-refractivity contribution is 5.27. The van der Waals surface area contributed by atoms with Gasteiger partial charge in [0.05, 0.1) is 0 Å². The number of phenols is 1. The first-order valence-electron chi connectivity index (χ1n) is 6.69. The van der Waals surface area contributed by atoms with Gasteiger partial charge < -0.3 is 5.11 Å². The summed E-state index contributed by atoms with van der Waals surface area (Å²) in [5.41, 5.74) is 1.24. The Kier molecular flexibility index (Phi) is 5.04. The molecule has 0 unspecified atom stereocenters. The van der Waals surface area contributed by atoms with Gasteiger partial charge >= 0.3 is 0 Å². The summed E-state index contributed by atoms with van der Waals surface area (Å²) in [5, 5.41) is 9.48. The standard InChI is InChI=1S/C16H26O/c1-11(2)16(12(3)4)13(5)9-14-7-6-8-15(17)10-14/h6-8,10-13,16-17H,9H2,1-5H3/t13-/m1/s1. The molecular formula is C16H26O. The van der Waals surface area contributed by atoms with Crippen LogP contribution in [0.1, 0.15) is 40.2 Å². The maximum absolute atomic E-state index is 9.48. The van der Waals surface area contributed by atoms with E-state index in [1.807, 2.05) is 12.1 Å². The van der Waals surface area contributed by atoms with Crippen molar-refractivity contribution < 1.29 is 5.11 Å². The summed E-state index contributed by atoms with van der Waals surface area (Å²) < 4.78 is 0. The number of rotatable bonds is 5. The Morgan fingerprint density at radius 1 is 1.00 bits per heavy atom. The van der Waals surface area contributed by atoms with Crippen molar-refractivity contribution >= 4 is 0 Å². The summed E-state index contributed by atoms with van der Waals surface area (Å²) in [6.45, 7) is 11.6. The summed E-state index contributed by atoms with van der Waals surface area (Å²) in [6.07, 6.45) is 1.05. The first-order chi connectivity index (χ1) is 7.91. The van der Waals surface area contributed by atoms with Crippen LogP contribution in [0.2, 0.25) is 0 Å². The van der Waals surface area contributed by atoms with E-state index in [2.05, 4.69) is 40.7 Å². The van der Waals surface area contributed by atoms with Crippen molar-refractivity contribution in [1.29, 1.82) is 0 Å². The fraction of sp³-hybridized carbons (Fsp3) is 0.625. The van der Waals surface area contributed by atoms with Gasteiger partial charge in [-0.25, -0.2) is 0 Å². The van der Waals surface area contributed by atoms with Gasteiger partial charge in [0, 0.05) is 0 Å². The van der Waals surface area contributed by atoms with Gasteiger partial charge in [-0.3, -0.25) is 0 Å². The highest BCUT2D eigenvalue weighted by Gasteiger charge is 2.24. The van der Waals surface area contributed by atoms with E-state index in [1.165, 1.54) is 5.56 Å². The molecule has 0 aliphatic heterocycles. The second-order valence-electron chi connectivity index (χ2n) is 5.92. The smallest absolute Gasteiger partial charge is 0.115 e. The van der Waals surface area contributed by atoms with Crippen molar-refractivity contribution in [2.45, 2.75) is 41.0 Å². The molecule has 1 N–H and O–H groups in total. The highest BCUT2D eigenvalue weighted by atomic mass is 16.3. The molecule has 0 fully saturated rings. The molecule has 1 heteroatoms. The first kappa shape index (κ1) is 14.1. The third kappa shape index (κ3) is 4.07. The maximum Gasteiger partial charge on any atom is 0.115 e. The van der Waals surface area contributed by atoms with Crippen molar-refractivity contribution in [2.75, 3.05) is 0 Å². The minimum absolute atomic E-state index is 0.375. The summed E-state index contributed by atoms with van der Waals surface area (Å²) in [5.74, 6) is 3.18. The summed E-state index contributed by atoms with van der Waals surface area (Å²) >= 11 is 0. The minimum atomic E-state index is 0.375. The lowest BCUT2D eigenvalue weighted by molar-refractivity contribution is 0.198. The van der Waals surface area contributed by atoms with Crippen molar-refractivity contribution in [3.05, 3.63) is 29.8 Å². The van der Waals surface area contributed by atoms with Gasteiger partial charge in [-0.2, -0.15) is 0 Å². The molecule has 0 amide bonds. The Labute approximate surface area is 106 Å². The largest absolute Gasteiger partial charge is 0.508 e. The molecule has 0 bridgehead atoms. The summed E-state index contributed by atoms with van der Waals surface area (Å²) in [4.78, 5) is 0. The summed E-state index contributed by atoms with van der Waals surface area (Å²) in [6, 6.07) is 7.65. The average molecular weight is 234 g/mol. The number of benzene rings is 1. The monoisotopic (exact) mass is 234 g/mol. The fourth-order valence-corrected chi connectivity index (χ4v) is 3.28. The molecule has 1 aromatic carbocycles.